The molecule has 0 fully saturated rings. The maximum absolute atomic E-state index is 12.6. The predicted molar refractivity (Wildman–Crippen MR) is 62.4 cm³/mol. The molecule has 17 heavy (non-hydrogen) atoms. The molecule has 3 nitrogen and oxygen atoms in total. The molecule has 0 bridgehead atoms. The van der Waals surface area contributed by atoms with Gasteiger partial charge in [0, 0.05) is 11.1 Å². The number of hydrogen-bond donors (Lipinski definition) is 1. The van der Waals surface area contributed by atoms with Gasteiger partial charge in [-0.05, 0) is 30.7 Å². The molecule has 0 amide bonds. The van der Waals surface area contributed by atoms with Crippen molar-refractivity contribution in [2.75, 3.05) is 12.8 Å². The van der Waals surface area contributed by atoms with Crippen LogP contribution in [0.15, 0.2) is 18.2 Å². The van der Waals surface area contributed by atoms with E-state index in [4.69, 9.17) is 10.5 Å². The van der Waals surface area contributed by atoms with Crippen LogP contribution in [-0.2, 0) is 0 Å². The van der Waals surface area contributed by atoms with Crippen LogP contribution < -0.4 is 10.5 Å². The summed E-state index contributed by atoms with van der Waals surface area (Å²) in [5, 5.41) is 0.631. The molecule has 1 heterocycles. The van der Waals surface area contributed by atoms with Gasteiger partial charge in [0.1, 0.15) is 11.4 Å². The summed E-state index contributed by atoms with van der Waals surface area (Å²) in [5.74, 6) is 0.633. The Morgan fingerprint density at radius 2 is 2.00 bits per heavy atom. The highest BCUT2D eigenvalue weighted by Gasteiger charge is 2.13. The van der Waals surface area contributed by atoms with E-state index in [1.54, 1.807) is 19.1 Å². The summed E-state index contributed by atoms with van der Waals surface area (Å²) >= 11 is 0. The second-order valence-electron chi connectivity index (χ2n) is 3.78. The Kier molecular flexibility index (Phi) is 2.83. The van der Waals surface area contributed by atoms with Gasteiger partial charge in [-0.2, -0.15) is 0 Å². The number of nitrogens with two attached hydrogens (primary N) is 1. The van der Waals surface area contributed by atoms with Gasteiger partial charge in [-0.25, -0.2) is 13.8 Å². The number of alkyl halides is 2. The number of fused-ring (bicyclic) bond motifs is 1. The monoisotopic (exact) mass is 238 g/mol. The zero-order chi connectivity index (χ0) is 12.6. The van der Waals surface area contributed by atoms with Crippen molar-refractivity contribution in [2.24, 2.45) is 0 Å². The van der Waals surface area contributed by atoms with Crippen LogP contribution in [0.1, 0.15) is 17.7 Å². The lowest BCUT2D eigenvalue weighted by Gasteiger charge is -2.10. The number of hydrogen-bond acceptors (Lipinski definition) is 3. The zero-order valence-electron chi connectivity index (χ0n) is 9.50. The van der Waals surface area contributed by atoms with Gasteiger partial charge < -0.3 is 10.5 Å². The highest BCUT2D eigenvalue weighted by molar-refractivity contribution is 5.93. The first-order chi connectivity index (χ1) is 8.02. The molecule has 0 saturated heterocycles. The van der Waals surface area contributed by atoms with Gasteiger partial charge in [-0.1, -0.05) is 0 Å². The molecule has 1 aromatic carbocycles. The first-order valence-electron chi connectivity index (χ1n) is 5.06. The van der Waals surface area contributed by atoms with Gasteiger partial charge >= 0.3 is 0 Å². The Morgan fingerprint density at radius 1 is 1.29 bits per heavy atom. The predicted octanol–water partition coefficient (Wildman–Crippen LogP) is 3.07. The van der Waals surface area contributed by atoms with Crippen molar-refractivity contribution < 1.29 is 13.5 Å². The van der Waals surface area contributed by atoms with Gasteiger partial charge in [0.25, 0.3) is 6.43 Å². The normalized spacial score (nSPS) is 11.1. The molecule has 0 saturated carbocycles. The Labute approximate surface area is 97.2 Å². The molecule has 0 aliphatic heterocycles. The highest BCUT2D eigenvalue weighted by atomic mass is 19.3. The molecule has 0 aliphatic carbocycles. The van der Waals surface area contributed by atoms with Gasteiger partial charge in [0.05, 0.1) is 12.6 Å². The van der Waals surface area contributed by atoms with Crippen LogP contribution in [0.5, 0.6) is 5.75 Å². The Balaban J connectivity index is 2.76. The number of nitrogen functional groups attached to an aromatic ring is 1. The standard InChI is InChI=1S/C12H12F2N2O/c1-6-3-7(17-2)4-8-9(15)5-10(12(13)14)16-11(6)8/h3-5,12H,1-2H3,(H2,15,16). The topological polar surface area (TPSA) is 48.1 Å². The average molecular weight is 238 g/mol. The summed E-state index contributed by atoms with van der Waals surface area (Å²) in [6.45, 7) is 1.78. The fourth-order valence-corrected chi connectivity index (χ4v) is 1.74. The SMILES string of the molecule is COc1cc(C)c2nc(C(F)F)cc(N)c2c1. The van der Waals surface area contributed by atoms with Crippen molar-refractivity contribution in [3.05, 3.63) is 29.5 Å². The average Bonchev–Trinajstić information content (AvgIpc) is 2.29. The van der Waals surface area contributed by atoms with E-state index < -0.39 is 6.43 Å². The fraction of sp³-hybridized carbons (Fsp3) is 0.250. The number of anilines is 1. The van der Waals surface area contributed by atoms with E-state index in [1.807, 2.05) is 0 Å². The molecule has 90 valence electrons. The maximum Gasteiger partial charge on any atom is 0.280 e. The summed E-state index contributed by atoms with van der Waals surface area (Å²) in [6, 6.07) is 4.63. The Bertz CT molecular complexity index is 570. The number of benzene rings is 1. The third kappa shape index (κ3) is 2.00. The van der Waals surface area contributed by atoms with Gasteiger partial charge in [0.15, 0.2) is 0 Å². The molecule has 2 rings (SSSR count). The van der Waals surface area contributed by atoms with Gasteiger partial charge in [0.2, 0.25) is 0 Å². The molecule has 1 aromatic heterocycles. The lowest BCUT2D eigenvalue weighted by Crippen LogP contribution is -1.98. The molecule has 0 radical (unpaired) electrons. The maximum atomic E-state index is 12.6. The number of pyridine rings is 1. The van der Waals surface area contributed by atoms with E-state index in [-0.39, 0.29) is 11.4 Å². The summed E-state index contributed by atoms with van der Waals surface area (Å²) < 4.78 is 30.3. The van der Waals surface area contributed by atoms with Crippen LogP contribution in [0.3, 0.4) is 0 Å². The van der Waals surface area contributed by atoms with Gasteiger partial charge in [-0.15, -0.1) is 0 Å². The lowest BCUT2D eigenvalue weighted by molar-refractivity contribution is 0.146. The molecular weight excluding hydrogens is 226 g/mol. The Morgan fingerprint density at radius 3 is 2.59 bits per heavy atom. The first-order valence-corrected chi connectivity index (χ1v) is 5.06. The molecule has 5 heteroatoms. The van der Waals surface area contributed by atoms with E-state index in [0.717, 1.165) is 5.56 Å². The van der Waals surface area contributed by atoms with Crippen LogP contribution in [-0.4, -0.2) is 12.1 Å². The third-order valence-electron chi connectivity index (χ3n) is 2.59. The number of aromatic nitrogens is 1. The lowest BCUT2D eigenvalue weighted by atomic mass is 10.1. The van der Waals surface area contributed by atoms with E-state index in [2.05, 4.69) is 4.98 Å². The van der Waals surface area contributed by atoms with Crippen molar-refractivity contribution in [3.8, 4) is 5.75 Å². The van der Waals surface area contributed by atoms with Crippen molar-refractivity contribution in [1.29, 1.82) is 0 Å². The number of methoxy groups -OCH3 is 1. The summed E-state index contributed by atoms with van der Waals surface area (Å²) in [4.78, 5) is 3.92. The highest BCUT2D eigenvalue weighted by Crippen LogP contribution is 2.30. The van der Waals surface area contributed by atoms with Crippen molar-refractivity contribution in [1.82, 2.24) is 4.98 Å². The van der Waals surface area contributed by atoms with Crippen LogP contribution in [0.4, 0.5) is 14.5 Å². The minimum Gasteiger partial charge on any atom is -0.497 e. The quantitative estimate of drug-likeness (QED) is 0.874. The van der Waals surface area contributed by atoms with Crippen molar-refractivity contribution in [2.45, 2.75) is 13.3 Å². The second kappa shape index (κ2) is 4.16. The van der Waals surface area contributed by atoms with Crippen LogP contribution >= 0.6 is 0 Å². The number of rotatable bonds is 2. The smallest absolute Gasteiger partial charge is 0.280 e. The first kappa shape index (κ1) is 11.6. The molecule has 0 unspecified atom stereocenters. The molecule has 0 atom stereocenters. The van der Waals surface area contributed by atoms with E-state index in [0.29, 0.717) is 16.7 Å². The zero-order valence-corrected chi connectivity index (χ0v) is 9.50. The molecule has 0 spiro atoms. The van der Waals surface area contributed by atoms with Crippen LogP contribution in [0, 0.1) is 6.92 Å². The second-order valence-corrected chi connectivity index (χ2v) is 3.78. The summed E-state index contributed by atoms with van der Waals surface area (Å²) in [5.41, 5.74) is 6.99. The van der Waals surface area contributed by atoms with E-state index >= 15 is 0 Å². The number of ether oxygens (including phenoxy) is 1. The summed E-state index contributed by atoms with van der Waals surface area (Å²) in [7, 11) is 1.54. The molecule has 2 aromatic rings. The third-order valence-corrected chi connectivity index (χ3v) is 2.59. The molecule has 0 aliphatic rings. The van der Waals surface area contributed by atoms with Crippen LogP contribution in [0.2, 0.25) is 0 Å². The number of halogens is 2. The fourth-order valence-electron chi connectivity index (χ4n) is 1.74. The molecule has 2 N–H and O–H groups in total. The van der Waals surface area contributed by atoms with Crippen molar-refractivity contribution in [3.63, 3.8) is 0 Å². The summed E-state index contributed by atoms with van der Waals surface area (Å²) in [6.07, 6.45) is -2.62. The minimum atomic E-state index is -2.62. The Hall–Kier alpha value is -1.91. The van der Waals surface area contributed by atoms with Crippen LogP contribution in [0.25, 0.3) is 10.9 Å². The number of nitrogens with zero attached hydrogens (tertiary/aromatic N) is 1. The molecular formula is C12H12F2N2O. The number of aryl methyl sites for hydroxylation is 1. The minimum absolute atomic E-state index is 0.285. The van der Waals surface area contributed by atoms with E-state index in [1.165, 1.54) is 13.2 Å². The van der Waals surface area contributed by atoms with Crippen molar-refractivity contribution >= 4 is 16.6 Å². The van der Waals surface area contributed by atoms with Gasteiger partial charge in [-0.3, -0.25) is 0 Å². The van der Waals surface area contributed by atoms with E-state index in [9.17, 15) is 8.78 Å². The largest absolute Gasteiger partial charge is 0.497 e.